The Morgan fingerprint density at radius 2 is 1.97 bits per heavy atom. The van der Waals surface area contributed by atoms with Crippen LogP contribution in [0.3, 0.4) is 0 Å². The van der Waals surface area contributed by atoms with Crippen LogP contribution in [0.5, 0.6) is 0 Å². The van der Waals surface area contributed by atoms with Crippen LogP contribution in [0, 0.1) is 0 Å². The van der Waals surface area contributed by atoms with E-state index >= 15 is 0 Å². The molecule has 32 heavy (non-hydrogen) atoms. The molecule has 180 valence electrons. The molecular weight excluding hydrogens is 418 g/mol. The Balaban J connectivity index is 1.89. The van der Waals surface area contributed by atoms with Gasteiger partial charge in [0.25, 0.3) is 0 Å². The highest BCUT2D eigenvalue weighted by molar-refractivity contribution is 6.30. The molecule has 2 rings (SSSR count). The van der Waals surface area contributed by atoms with Crippen molar-refractivity contribution in [2.75, 3.05) is 25.5 Å². The summed E-state index contributed by atoms with van der Waals surface area (Å²) < 4.78 is 0. The first-order valence-electron chi connectivity index (χ1n) is 12.4. The lowest BCUT2D eigenvalue weighted by Crippen LogP contribution is -2.46. The third-order valence-electron chi connectivity index (χ3n) is 6.93. The first-order valence-corrected chi connectivity index (χ1v) is 12.8. The van der Waals surface area contributed by atoms with Crippen molar-refractivity contribution in [3.8, 4) is 0 Å². The monoisotopic (exact) mass is 461 g/mol. The van der Waals surface area contributed by atoms with E-state index in [1.807, 2.05) is 30.3 Å². The largest absolute Gasteiger partial charge is 0.378 e. The molecule has 0 aromatic heterocycles. The first-order chi connectivity index (χ1) is 15.3. The van der Waals surface area contributed by atoms with E-state index in [0.717, 1.165) is 30.2 Å². The molecule has 5 nitrogen and oxygen atoms in total. The number of hydrogen-bond acceptors (Lipinski definition) is 4. The molecule has 0 bridgehead atoms. The molecule has 0 aliphatic heterocycles. The smallest absolute Gasteiger partial charge is 0.0853 e. The van der Waals surface area contributed by atoms with E-state index in [1.165, 1.54) is 37.7 Å². The summed E-state index contributed by atoms with van der Waals surface area (Å²) in [5.74, 6) is 0. The maximum atomic E-state index is 6.15. The molecule has 0 amide bonds. The van der Waals surface area contributed by atoms with Crippen LogP contribution in [-0.2, 0) is 0 Å². The third-order valence-corrected chi connectivity index (χ3v) is 7.16. The van der Waals surface area contributed by atoms with E-state index in [9.17, 15) is 0 Å². The Labute approximate surface area is 201 Å². The molecule has 0 spiro atoms. The van der Waals surface area contributed by atoms with Gasteiger partial charge in [0.05, 0.1) is 6.04 Å². The van der Waals surface area contributed by atoms with Crippen molar-refractivity contribution in [1.29, 1.82) is 0 Å². The van der Waals surface area contributed by atoms with Gasteiger partial charge in [-0.1, -0.05) is 60.7 Å². The molecule has 0 radical (unpaired) electrons. The van der Waals surface area contributed by atoms with Gasteiger partial charge in [0.15, 0.2) is 0 Å². The maximum absolute atomic E-state index is 6.15. The van der Waals surface area contributed by atoms with Crippen LogP contribution in [0.1, 0.15) is 73.1 Å². The van der Waals surface area contributed by atoms with Gasteiger partial charge >= 0.3 is 0 Å². The van der Waals surface area contributed by atoms with Crippen molar-refractivity contribution in [2.45, 2.75) is 97.3 Å². The van der Waals surface area contributed by atoms with E-state index in [0.29, 0.717) is 12.1 Å². The summed E-state index contributed by atoms with van der Waals surface area (Å²) in [6.45, 7) is 12.9. The Bertz CT molecular complexity index is 729. The molecule has 1 aromatic carbocycles. The molecule has 6 heteroatoms. The van der Waals surface area contributed by atoms with Crippen molar-refractivity contribution in [3.05, 3.63) is 40.9 Å². The number of likely N-dealkylation sites (N-methyl/N-ethyl adjacent to an activating group) is 1. The quantitative estimate of drug-likeness (QED) is 0.203. The number of benzene rings is 1. The lowest BCUT2D eigenvalue weighted by Gasteiger charge is -2.39. The van der Waals surface area contributed by atoms with E-state index in [1.54, 1.807) is 0 Å². The van der Waals surface area contributed by atoms with Crippen LogP contribution >= 0.6 is 11.6 Å². The van der Waals surface area contributed by atoms with Crippen molar-refractivity contribution in [3.63, 3.8) is 0 Å². The summed E-state index contributed by atoms with van der Waals surface area (Å²) in [5, 5.41) is 15.6. The molecule has 1 aromatic rings. The number of rotatable bonds is 12. The third kappa shape index (κ3) is 8.40. The average molecular weight is 462 g/mol. The fourth-order valence-electron chi connectivity index (χ4n) is 4.59. The zero-order chi connectivity index (χ0) is 23.5. The highest BCUT2D eigenvalue weighted by atomic mass is 35.5. The Hall–Kier alpha value is -1.59. The van der Waals surface area contributed by atoms with Gasteiger partial charge in [-0.25, -0.2) is 0 Å². The highest BCUT2D eigenvalue weighted by Gasteiger charge is 2.27. The van der Waals surface area contributed by atoms with Gasteiger partial charge < -0.3 is 5.32 Å². The molecule has 1 fully saturated rings. The van der Waals surface area contributed by atoms with Crippen molar-refractivity contribution < 1.29 is 0 Å². The Kier molecular flexibility index (Phi) is 11.5. The van der Waals surface area contributed by atoms with Gasteiger partial charge in [-0.05, 0) is 71.7 Å². The van der Waals surface area contributed by atoms with Crippen molar-refractivity contribution >= 4 is 17.3 Å². The molecule has 1 N–H and O–H groups in total. The van der Waals surface area contributed by atoms with E-state index in [4.69, 9.17) is 11.6 Å². The molecule has 1 aliphatic carbocycles. The summed E-state index contributed by atoms with van der Waals surface area (Å²) >= 11 is 6.15. The molecule has 1 aliphatic rings. The SMILES string of the molecule is C/C=C(\C)C(CCN(C)N=N[C@@H](C)C(C)N(CC)C1CCCCC1)Nc1cccc(Cl)c1. The first kappa shape index (κ1) is 26.7. The second kappa shape index (κ2) is 13.8. The molecule has 1 saturated carbocycles. The normalized spacial score (nSPS) is 18.7. The van der Waals surface area contributed by atoms with Crippen LogP contribution in [0.2, 0.25) is 5.02 Å². The van der Waals surface area contributed by atoms with Crippen LogP contribution in [0.25, 0.3) is 0 Å². The number of halogens is 1. The fraction of sp³-hybridized carbons (Fsp3) is 0.692. The van der Waals surface area contributed by atoms with Gasteiger partial charge in [0.2, 0.25) is 0 Å². The number of anilines is 1. The molecular formula is C26H44ClN5. The van der Waals surface area contributed by atoms with Gasteiger partial charge in [0.1, 0.15) is 0 Å². The number of nitrogens with zero attached hydrogens (tertiary/aromatic N) is 4. The van der Waals surface area contributed by atoms with Crippen LogP contribution in [-0.4, -0.2) is 54.2 Å². The predicted molar refractivity (Wildman–Crippen MR) is 139 cm³/mol. The minimum Gasteiger partial charge on any atom is -0.378 e. The number of hydrogen-bond donors (Lipinski definition) is 1. The average Bonchev–Trinajstić information content (AvgIpc) is 2.80. The highest BCUT2D eigenvalue weighted by Crippen LogP contribution is 2.25. The Morgan fingerprint density at radius 1 is 1.25 bits per heavy atom. The lowest BCUT2D eigenvalue weighted by atomic mass is 9.92. The standard InChI is InChI=1S/C26H44ClN5/c1-7-20(3)26(28-24-14-12-13-23(27)19-24)17-18-31(6)30-29-21(4)22(5)32(8-2)25-15-10-9-11-16-25/h7,12-14,19,21-22,25-26,28H,8-11,15-18H2,1-6H3/b20-7+,30-29?/t21-,22?,26?/m0/s1. The van der Waals surface area contributed by atoms with Gasteiger partial charge in [-0.2, -0.15) is 5.11 Å². The van der Waals surface area contributed by atoms with E-state index in [-0.39, 0.29) is 12.1 Å². The predicted octanol–water partition coefficient (Wildman–Crippen LogP) is 7.21. The lowest BCUT2D eigenvalue weighted by molar-refractivity contribution is 0.104. The van der Waals surface area contributed by atoms with Crippen LogP contribution in [0.15, 0.2) is 46.3 Å². The molecule has 2 unspecified atom stereocenters. The number of nitrogens with one attached hydrogen (secondary N) is 1. The minimum atomic E-state index is 0.178. The van der Waals surface area contributed by atoms with Crippen LogP contribution in [0.4, 0.5) is 5.69 Å². The zero-order valence-electron chi connectivity index (χ0n) is 21.0. The molecule has 0 heterocycles. The minimum absolute atomic E-state index is 0.178. The summed E-state index contributed by atoms with van der Waals surface area (Å²) in [5.41, 5.74) is 2.35. The van der Waals surface area contributed by atoms with Gasteiger partial charge in [-0.15, -0.1) is 0 Å². The fourth-order valence-corrected chi connectivity index (χ4v) is 4.78. The van der Waals surface area contributed by atoms with Crippen molar-refractivity contribution in [2.24, 2.45) is 10.3 Å². The van der Waals surface area contributed by atoms with Crippen molar-refractivity contribution in [1.82, 2.24) is 9.91 Å². The zero-order valence-corrected chi connectivity index (χ0v) is 21.8. The van der Waals surface area contributed by atoms with E-state index in [2.05, 4.69) is 67.3 Å². The summed E-state index contributed by atoms with van der Waals surface area (Å²) in [6.07, 6.45) is 9.87. The Morgan fingerprint density at radius 3 is 2.59 bits per heavy atom. The number of allylic oxidation sites excluding steroid dienone is 1. The van der Waals surface area contributed by atoms with Gasteiger partial charge in [0, 0.05) is 42.4 Å². The second-order valence-corrected chi connectivity index (χ2v) is 9.65. The molecule has 0 saturated heterocycles. The van der Waals surface area contributed by atoms with Crippen LogP contribution < -0.4 is 5.32 Å². The summed E-state index contributed by atoms with van der Waals surface area (Å²) in [7, 11) is 2.01. The molecule has 3 atom stereocenters. The summed E-state index contributed by atoms with van der Waals surface area (Å²) in [4.78, 5) is 2.64. The second-order valence-electron chi connectivity index (χ2n) is 9.22. The van der Waals surface area contributed by atoms with E-state index < -0.39 is 0 Å². The van der Waals surface area contributed by atoms with Gasteiger partial charge in [-0.3, -0.25) is 9.91 Å². The summed E-state index contributed by atoms with van der Waals surface area (Å²) in [6, 6.07) is 9.42. The maximum Gasteiger partial charge on any atom is 0.0853 e. The topological polar surface area (TPSA) is 43.2 Å².